The second-order valence-electron chi connectivity index (χ2n) is 13.4. The number of hydrogen-bond donors (Lipinski definition) is 0. The molecule has 0 saturated heterocycles. The maximum Gasteiger partial charge on any atom is 1.00 e. The quantitative estimate of drug-likeness (QED) is 0.177. The molecule has 0 aromatic rings. The standard InChI is InChI=1S/C29H47NO6S2.Na/c1-27(2)14-6-15-29(4)24(27)12-16-28(3)23(22(9-11-25(28)29)20-36-38(33,34)35)10-8-21-13-18-30(26(21)31)17-7-19-37(5)32;/h13,20,23-25H,6-12,14-19H2,1-5H3,(H,33,34,35);/q;+1/p-1/b22-20+;/t23-,24-,25-,28+,29-,37?;/m0./s1. The largest absolute Gasteiger partial charge is 1.00 e. The van der Waals surface area contributed by atoms with Gasteiger partial charge in [-0.3, -0.25) is 9.00 Å². The van der Waals surface area contributed by atoms with E-state index in [1.165, 1.54) is 25.5 Å². The van der Waals surface area contributed by atoms with Gasteiger partial charge in [0.25, 0.3) is 10.4 Å². The molecule has 0 bridgehead atoms. The van der Waals surface area contributed by atoms with Gasteiger partial charge < -0.3 is 13.6 Å². The molecule has 0 aromatic heterocycles. The van der Waals surface area contributed by atoms with Gasteiger partial charge in [0.1, 0.15) is 6.26 Å². The number of carbonyl (C=O) groups excluding carboxylic acids is 1. The van der Waals surface area contributed by atoms with Gasteiger partial charge in [-0.15, -0.1) is 0 Å². The maximum atomic E-state index is 13.1. The average molecular weight is 592 g/mol. The molecule has 4 aliphatic rings. The van der Waals surface area contributed by atoms with Gasteiger partial charge in [-0.2, -0.15) is 0 Å². The predicted octanol–water partition coefficient (Wildman–Crippen LogP) is 2.33. The van der Waals surface area contributed by atoms with E-state index < -0.39 is 21.2 Å². The van der Waals surface area contributed by atoms with Gasteiger partial charge >= 0.3 is 29.6 Å². The summed E-state index contributed by atoms with van der Waals surface area (Å²) in [5, 5.41) is 0. The Balaban J connectivity index is 0.00000420. The molecule has 0 spiro atoms. The molecule has 1 unspecified atom stereocenters. The third-order valence-corrected chi connectivity index (χ3v) is 12.0. The fourth-order valence-corrected chi connectivity index (χ4v) is 9.98. The first-order valence-electron chi connectivity index (χ1n) is 14.3. The van der Waals surface area contributed by atoms with Crippen molar-refractivity contribution in [3.05, 3.63) is 23.5 Å². The van der Waals surface area contributed by atoms with Gasteiger partial charge in [0.15, 0.2) is 0 Å². The zero-order valence-electron chi connectivity index (χ0n) is 24.8. The van der Waals surface area contributed by atoms with Crippen molar-refractivity contribution in [1.29, 1.82) is 0 Å². The summed E-state index contributed by atoms with van der Waals surface area (Å²) < 4.78 is 50.1. The zero-order valence-corrected chi connectivity index (χ0v) is 28.4. The topological polar surface area (TPSA) is 104 Å². The van der Waals surface area contributed by atoms with Crippen molar-refractivity contribution in [2.24, 2.45) is 34.0 Å². The van der Waals surface area contributed by atoms with E-state index in [2.05, 4.69) is 27.7 Å². The minimum absolute atomic E-state index is 0. The summed E-state index contributed by atoms with van der Waals surface area (Å²) in [5.41, 5.74) is 2.20. The van der Waals surface area contributed by atoms with E-state index in [-0.39, 0.29) is 52.2 Å². The van der Waals surface area contributed by atoms with Gasteiger partial charge in [-0.25, -0.2) is 8.42 Å². The van der Waals surface area contributed by atoms with Crippen LogP contribution in [0.25, 0.3) is 0 Å². The van der Waals surface area contributed by atoms with Gasteiger partial charge in [0, 0.05) is 41.5 Å². The second-order valence-corrected chi connectivity index (χ2v) is 16.0. The minimum atomic E-state index is -4.82. The Kier molecular flexibility index (Phi) is 10.7. The summed E-state index contributed by atoms with van der Waals surface area (Å²) in [6.07, 6.45) is 14.6. The molecule has 0 radical (unpaired) electrons. The summed E-state index contributed by atoms with van der Waals surface area (Å²) >= 11 is 0. The molecule has 6 atom stereocenters. The van der Waals surface area contributed by atoms with E-state index in [9.17, 15) is 22.0 Å². The van der Waals surface area contributed by atoms with Crippen molar-refractivity contribution >= 4 is 27.1 Å². The van der Waals surface area contributed by atoms with E-state index in [0.29, 0.717) is 42.5 Å². The summed E-state index contributed by atoms with van der Waals surface area (Å²) in [6, 6.07) is 0. The molecular formula is C29H46NNaO6S2. The van der Waals surface area contributed by atoms with Crippen molar-refractivity contribution in [3.8, 4) is 0 Å². The molecule has 7 nitrogen and oxygen atoms in total. The molecule has 1 aliphatic heterocycles. The third kappa shape index (κ3) is 7.07. The monoisotopic (exact) mass is 591 g/mol. The van der Waals surface area contributed by atoms with Crippen LogP contribution in [0.5, 0.6) is 0 Å². The summed E-state index contributed by atoms with van der Waals surface area (Å²) in [6.45, 7) is 10.9. The van der Waals surface area contributed by atoms with Crippen LogP contribution in [0.3, 0.4) is 0 Å². The van der Waals surface area contributed by atoms with Crippen molar-refractivity contribution in [2.45, 2.75) is 91.9 Å². The van der Waals surface area contributed by atoms with Crippen LogP contribution < -0.4 is 29.6 Å². The molecule has 1 heterocycles. The van der Waals surface area contributed by atoms with Crippen LogP contribution in [0.2, 0.25) is 0 Å². The van der Waals surface area contributed by atoms with Crippen LogP contribution in [-0.4, -0.2) is 53.1 Å². The van der Waals surface area contributed by atoms with Crippen molar-refractivity contribution in [1.82, 2.24) is 4.90 Å². The Bertz CT molecular complexity index is 1120. The van der Waals surface area contributed by atoms with Gasteiger partial charge in [0.2, 0.25) is 5.91 Å². The van der Waals surface area contributed by atoms with E-state index >= 15 is 0 Å². The molecule has 39 heavy (non-hydrogen) atoms. The van der Waals surface area contributed by atoms with Crippen molar-refractivity contribution in [3.63, 3.8) is 0 Å². The Labute approximate surface area is 260 Å². The van der Waals surface area contributed by atoms with E-state index in [0.717, 1.165) is 49.7 Å². The number of fused-ring (bicyclic) bond motifs is 3. The van der Waals surface area contributed by atoms with Crippen LogP contribution in [0.1, 0.15) is 91.9 Å². The Morgan fingerprint density at radius 3 is 2.51 bits per heavy atom. The fraction of sp³-hybridized carbons (Fsp3) is 0.828. The third-order valence-electron chi connectivity index (χ3n) is 10.8. The molecule has 0 N–H and O–H groups in total. The van der Waals surface area contributed by atoms with Crippen molar-refractivity contribution < 1.29 is 55.7 Å². The SMILES string of the molecule is CS(=O)CCCN1CC=C(CC[C@H]2/C(=C/OS(=O)(=O)[O-])CC[C@H]3[C@]2(C)CC[C@H]2C(C)(C)CCC[C@]32C)C1=O.[Na+]. The Morgan fingerprint density at radius 2 is 1.85 bits per heavy atom. The van der Waals surface area contributed by atoms with Gasteiger partial charge in [-0.1, -0.05) is 40.2 Å². The Hall–Kier alpha value is -0.190. The molecule has 10 heteroatoms. The number of amides is 1. The predicted molar refractivity (Wildman–Crippen MR) is 149 cm³/mol. The first-order valence-corrected chi connectivity index (χ1v) is 17.3. The van der Waals surface area contributed by atoms with Crippen LogP contribution in [0.4, 0.5) is 0 Å². The normalized spacial score (nSPS) is 36.0. The molecule has 1 amide bonds. The van der Waals surface area contributed by atoms with Crippen LogP contribution in [-0.2, 0) is 30.2 Å². The van der Waals surface area contributed by atoms with Gasteiger partial charge in [-0.05, 0) is 97.4 Å². The summed E-state index contributed by atoms with van der Waals surface area (Å²) in [7, 11) is -5.69. The second kappa shape index (κ2) is 12.6. The molecule has 3 fully saturated rings. The summed E-state index contributed by atoms with van der Waals surface area (Å²) in [4.78, 5) is 14.9. The zero-order chi connectivity index (χ0) is 27.9. The molecule has 3 saturated carbocycles. The van der Waals surface area contributed by atoms with Crippen molar-refractivity contribution in [2.75, 3.05) is 25.1 Å². The number of allylic oxidation sites excluding steroid dienone is 1. The number of hydrogen-bond acceptors (Lipinski definition) is 6. The first kappa shape index (κ1) is 33.3. The Morgan fingerprint density at radius 1 is 1.13 bits per heavy atom. The molecule has 4 rings (SSSR count). The number of nitrogens with zero attached hydrogens (tertiary/aromatic N) is 1. The fourth-order valence-electron chi connectivity index (χ4n) is 9.20. The number of carbonyl (C=O) groups is 1. The van der Waals surface area contributed by atoms with E-state index in [4.69, 9.17) is 4.18 Å². The van der Waals surface area contributed by atoms with E-state index in [1.54, 1.807) is 6.26 Å². The molecule has 0 aromatic carbocycles. The minimum Gasteiger partial charge on any atom is -0.716 e. The van der Waals surface area contributed by atoms with Gasteiger partial charge in [0.05, 0.1) is 0 Å². The van der Waals surface area contributed by atoms with Crippen LogP contribution in [0.15, 0.2) is 23.5 Å². The smallest absolute Gasteiger partial charge is 0.716 e. The maximum absolute atomic E-state index is 13.1. The molecule has 216 valence electrons. The number of rotatable bonds is 9. The van der Waals surface area contributed by atoms with Crippen LogP contribution >= 0.6 is 0 Å². The first-order chi connectivity index (χ1) is 17.7. The molecule has 3 aliphatic carbocycles. The average Bonchev–Trinajstić information content (AvgIpc) is 3.14. The van der Waals surface area contributed by atoms with Crippen LogP contribution in [0, 0.1) is 34.0 Å². The molecular weight excluding hydrogens is 545 g/mol. The summed E-state index contributed by atoms with van der Waals surface area (Å²) in [5.74, 6) is 1.86. The van der Waals surface area contributed by atoms with E-state index in [1.807, 2.05) is 11.0 Å².